The summed E-state index contributed by atoms with van der Waals surface area (Å²) in [6.07, 6.45) is 4.36. The third kappa shape index (κ3) is 4.67. The molecule has 0 bridgehead atoms. The fourth-order valence-corrected chi connectivity index (χ4v) is 3.40. The van der Waals surface area contributed by atoms with Crippen LogP contribution in [0.25, 0.3) is 0 Å². The zero-order valence-corrected chi connectivity index (χ0v) is 14.1. The van der Waals surface area contributed by atoms with Gasteiger partial charge in [0.25, 0.3) is 0 Å². The van der Waals surface area contributed by atoms with Crippen LogP contribution in [-0.4, -0.2) is 41.1 Å². The third-order valence-electron chi connectivity index (χ3n) is 2.80. The van der Waals surface area contributed by atoms with Crippen LogP contribution in [0, 0.1) is 0 Å². The summed E-state index contributed by atoms with van der Waals surface area (Å²) in [5.41, 5.74) is 0.271. The minimum Gasteiger partial charge on any atom is -0.324 e. The Morgan fingerprint density at radius 1 is 1.43 bits per heavy atom. The first-order valence-electron chi connectivity index (χ1n) is 6.62. The number of benzene rings is 1. The lowest BCUT2D eigenvalue weighted by atomic mass is 10.3. The van der Waals surface area contributed by atoms with Crippen molar-refractivity contribution in [3.63, 3.8) is 0 Å². The van der Waals surface area contributed by atoms with Crippen molar-refractivity contribution in [3.8, 4) is 0 Å². The molecule has 7 nitrogen and oxygen atoms in total. The minimum atomic E-state index is -3.41. The minimum absolute atomic E-state index is 0.0909. The van der Waals surface area contributed by atoms with Crippen molar-refractivity contribution in [1.29, 1.82) is 0 Å². The fraction of sp³-hybridized carbons (Fsp3) is 0.214. The zero-order valence-electron chi connectivity index (χ0n) is 12.5. The normalized spacial score (nSPS) is 11.2. The predicted molar refractivity (Wildman–Crippen MR) is 89.1 cm³/mol. The molecule has 0 aliphatic heterocycles. The van der Waals surface area contributed by atoms with Gasteiger partial charge in [-0.05, 0) is 12.1 Å². The van der Waals surface area contributed by atoms with Crippen LogP contribution in [0.3, 0.4) is 0 Å². The van der Waals surface area contributed by atoms with E-state index in [1.165, 1.54) is 17.8 Å². The van der Waals surface area contributed by atoms with Crippen molar-refractivity contribution >= 4 is 33.2 Å². The first kappa shape index (κ1) is 17.2. The van der Waals surface area contributed by atoms with E-state index in [2.05, 4.69) is 22.1 Å². The van der Waals surface area contributed by atoms with E-state index in [1.807, 2.05) is 0 Å². The van der Waals surface area contributed by atoms with E-state index in [0.29, 0.717) is 11.7 Å². The number of thioether (sulfide) groups is 1. The summed E-state index contributed by atoms with van der Waals surface area (Å²) in [7, 11) is -3.41. The van der Waals surface area contributed by atoms with Crippen molar-refractivity contribution < 1.29 is 13.2 Å². The summed E-state index contributed by atoms with van der Waals surface area (Å²) in [6.45, 7) is 4.19. The lowest BCUT2D eigenvalue weighted by Gasteiger charge is -2.09. The molecule has 23 heavy (non-hydrogen) atoms. The number of allylic oxidation sites excluding steroid dienone is 1. The molecule has 0 aliphatic carbocycles. The molecular formula is C14H16N4O3S2. The summed E-state index contributed by atoms with van der Waals surface area (Å²) in [6, 6.07) is 6.29. The molecule has 1 aromatic carbocycles. The number of amides is 1. The topological polar surface area (TPSA) is 93.9 Å². The molecule has 1 heterocycles. The van der Waals surface area contributed by atoms with Gasteiger partial charge in [-0.3, -0.25) is 4.79 Å². The highest BCUT2D eigenvalue weighted by atomic mass is 32.2. The standard InChI is InChI=1S/C14H16N4O3S2/c1-3-8-18-10-15-17-14(18)22-9-13(19)16-11-6-4-5-7-12(11)23(2,20)21/h3-7,10H,1,8-9H2,2H3,(H,16,19). The summed E-state index contributed by atoms with van der Waals surface area (Å²) < 4.78 is 25.2. The number of nitrogens with zero attached hydrogens (tertiary/aromatic N) is 3. The van der Waals surface area contributed by atoms with Gasteiger partial charge < -0.3 is 9.88 Å². The molecule has 0 saturated carbocycles. The maximum atomic E-state index is 12.1. The second-order valence-corrected chi connectivity index (χ2v) is 7.59. The molecule has 0 spiro atoms. The molecule has 0 fully saturated rings. The van der Waals surface area contributed by atoms with Crippen molar-refractivity contribution in [2.75, 3.05) is 17.3 Å². The van der Waals surface area contributed by atoms with E-state index >= 15 is 0 Å². The number of para-hydroxylation sites is 1. The van der Waals surface area contributed by atoms with Crippen molar-refractivity contribution in [2.24, 2.45) is 0 Å². The van der Waals surface area contributed by atoms with Gasteiger partial charge in [0.15, 0.2) is 15.0 Å². The van der Waals surface area contributed by atoms with E-state index in [1.54, 1.807) is 35.2 Å². The molecule has 0 saturated heterocycles. The highest BCUT2D eigenvalue weighted by Gasteiger charge is 2.15. The van der Waals surface area contributed by atoms with Gasteiger partial charge in [0.2, 0.25) is 5.91 Å². The molecule has 1 N–H and O–H groups in total. The lowest BCUT2D eigenvalue weighted by Crippen LogP contribution is -2.16. The molecule has 2 aromatic rings. The van der Waals surface area contributed by atoms with E-state index in [4.69, 9.17) is 0 Å². The lowest BCUT2D eigenvalue weighted by molar-refractivity contribution is -0.113. The van der Waals surface area contributed by atoms with E-state index in [-0.39, 0.29) is 22.2 Å². The zero-order chi connectivity index (χ0) is 16.9. The quantitative estimate of drug-likeness (QED) is 0.601. The number of nitrogens with one attached hydrogen (secondary N) is 1. The summed E-state index contributed by atoms with van der Waals surface area (Å²) in [5, 5.41) is 10.9. The predicted octanol–water partition coefficient (Wildman–Crippen LogP) is 1.60. The SMILES string of the molecule is C=CCn1cnnc1SCC(=O)Nc1ccccc1S(C)(=O)=O. The summed E-state index contributed by atoms with van der Waals surface area (Å²) in [4.78, 5) is 12.1. The van der Waals surface area contributed by atoms with Gasteiger partial charge in [0, 0.05) is 12.8 Å². The molecule has 122 valence electrons. The van der Waals surface area contributed by atoms with Crippen molar-refractivity contribution in [2.45, 2.75) is 16.6 Å². The van der Waals surface area contributed by atoms with Crippen LogP contribution in [0.1, 0.15) is 0 Å². The Labute approximate surface area is 138 Å². The first-order valence-corrected chi connectivity index (χ1v) is 9.50. The van der Waals surface area contributed by atoms with Crippen LogP contribution in [0.2, 0.25) is 0 Å². The van der Waals surface area contributed by atoms with E-state index in [9.17, 15) is 13.2 Å². The van der Waals surface area contributed by atoms with Crippen LogP contribution in [-0.2, 0) is 21.2 Å². The Balaban J connectivity index is 2.03. The number of aromatic nitrogens is 3. The summed E-state index contributed by atoms with van der Waals surface area (Å²) in [5.74, 6) is -0.229. The average Bonchev–Trinajstić information content (AvgIpc) is 2.92. The van der Waals surface area contributed by atoms with Crippen LogP contribution >= 0.6 is 11.8 Å². The van der Waals surface area contributed by atoms with Gasteiger partial charge in [-0.2, -0.15) is 0 Å². The number of anilines is 1. The third-order valence-corrected chi connectivity index (χ3v) is 4.93. The second kappa shape index (κ2) is 7.42. The number of hydrogen-bond acceptors (Lipinski definition) is 6. The van der Waals surface area contributed by atoms with Crippen LogP contribution in [0.15, 0.2) is 53.3 Å². The fourth-order valence-electron chi connectivity index (χ4n) is 1.83. The second-order valence-electron chi connectivity index (χ2n) is 4.66. The van der Waals surface area contributed by atoms with Crippen LogP contribution in [0.4, 0.5) is 5.69 Å². The Morgan fingerprint density at radius 3 is 2.87 bits per heavy atom. The molecule has 0 unspecified atom stereocenters. The van der Waals surface area contributed by atoms with Gasteiger partial charge in [-0.15, -0.1) is 16.8 Å². The number of sulfone groups is 1. The number of carbonyl (C=O) groups is 1. The Hall–Kier alpha value is -2.13. The summed E-state index contributed by atoms with van der Waals surface area (Å²) >= 11 is 1.21. The molecule has 1 aromatic heterocycles. The Kier molecular flexibility index (Phi) is 5.56. The molecule has 2 rings (SSSR count). The molecule has 1 amide bonds. The Bertz CT molecular complexity index is 815. The molecule has 0 atom stereocenters. The van der Waals surface area contributed by atoms with Crippen LogP contribution < -0.4 is 5.32 Å². The van der Waals surface area contributed by atoms with Gasteiger partial charge in [0.05, 0.1) is 16.3 Å². The van der Waals surface area contributed by atoms with E-state index < -0.39 is 9.84 Å². The van der Waals surface area contributed by atoms with E-state index in [0.717, 1.165) is 6.26 Å². The van der Waals surface area contributed by atoms with Gasteiger partial charge in [-0.1, -0.05) is 30.0 Å². The number of carbonyl (C=O) groups excluding carboxylic acids is 1. The first-order chi connectivity index (χ1) is 10.9. The average molecular weight is 352 g/mol. The van der Waals surface area contributed by atoms with Crippen LogP contribution in [0.5, 0.6) is 0 Å². The van der Waals surface area contributed by atoms with Crippen molar-refractivity contribution in [3.05, 3.63) is 43.2 Å². The van der Waals surface area contributed by atoms with Gasteiger partial charge >= 0.3 is 0 Å². The number of hydrogen-bond donors (Lipinski definition) is 1. The molecular weight excluding hydrogens is 336 g/mol. The van der Waals surface area contributed by atoms with Gasteiger partial charge in [0.1, 0.15) is 6.33 Å². The maximum Gasteiger partial charge on any atom is 0.234 e. The van der Waals surface area contributed by atoms with Gasteiger partial charge in [-0.25, -0.2) is 8.42 Å². The molecule has 0 aliphatic rings. The number of rotatable bonds is 7. The molecule has 9 heteroatoms. The highest BCUT2D eigenvalue weighted by Crippen LogP contribution is 2.21. The maximum absolute atomic E-state index is 12.1. The largest absolute Gasteiger partial charge is 0.324 e. The molecule has 0 radical (unpaired) electrons. The highest BCUT2D eigenvalue weighted by molar-refractivity contribution is 7.99. The monoisotopic (exact) mass is 352 g/mol. The Morgan fingerprint density at radius 2 is 2.17 bits per heavy atom. The smallest absolute Gasteiger partial charge is 0.234 e. The van der Waals surface area contributed by atoms with Crippen molar-refractivity contribution in [1.82, 2.24) is 14.8 Å².